The minimum Gasteiger partial charge on any atom is -0.375 e. The minimum absolute atomic E-state index is 0.284. The SMILES string of the molecule is CCC1COC(C)CN1c1cc(C)ncc1CNC(C)C. The van der Waals surface area contributed by atoms with Gasteiger partial charge in [-0.25, -0.2) is 0 Å². The smallest absolute Gasteiger partial charge is 0.0723 e. The van der Waals surface area contributed by atoms with Crippen molar-refractivity contribution in [3.8, 4) is 0 Å². The normalized spacial score (nSPS) is 22.9. The fraction of sp³-hybridized carbons (Fsp3) is 0.706. The van der Waals surface area contributed by atoms with Crippen LogP contribution in [0.1, 0.15) is 45.4 Å². The van der Waals surface area contributed by atoms with Crippen molar-refractivity contribution in [2.24, 2.45) is 0 Å². The van der Waals surface area contributed by atoms with Gasteiger partial charge in [-0.3, -0.25) is 4.98 Å². The number of ether oxygens (including phenoxy) is 1. The molecule has 2 unspecified atom stereocenters. The molecule has 4 nitrogen and oxygen atoms in total. The molecule has 0 amide bonds. The maximum atomic E-state index is 5.83. The Hall–Kier alpha value is -1.13. The van der Waals surface area contributed by atoms with Gasteiger partial charge in [0.25, 0.3) is 0 Å². The number of morpholine rings is 1. The Kier molecular flexibility index (Phi) is 5.59. The van der Waals surface area contributed by atoms with Crippen molar-refractivity contribution in [2.75, 3.05) is 18.1 Å². The zero-order valence-corrected chi connectivity index (χ0v) is 14.0. The Morgan fingerprint density at radius 3 is 2.90 bits per heavy atom. The number of rotatable bonds is 5. The monoisotopic (exact) mass is 291 g/mol. The number of aromatic nitrogens is 1. The van der Waals surface area contributed by atoms with E-state index in [0.29, 0.717) is 12.1 Å². The quantitative estimate of drug-likeness (QED) is 0.905. The van der Waals surface area contributed by atoms with E-state index in [1.54, 1.807) is 0 Å². The molecule has 1 aliphatic heterocycles. The van der Waals surface area contributed by atoms with Crippen LogP contribution < -0.4 is 10.2 Å². The predicted molar refractivity (Wildman–Crippen MR) is 87.8 cm³/mol. The number of aryl methyl sites for hydroxylation is 1. The number of pyridine rings is 1. The molecule has 0 aliphatic carbocycles. The van der Waals surface area contributed by atoms with Crippen molar-refractivity contribution in [3.05, 3.63) is 23.5 Å². The molecule has 0 aromatic carbocycles. The number of nitrogens with one attached hydrogen (secondary N) is 1. The first-order valence-electron chi connectivity index (χ1n) is 8.08. The van der Waals surface area contributed by atoms with E-state index in [-0.39, 0.29) is 6.10 Å². The second-order valence-corrected chi connectivity index (χ2v) is 6.35. The molecule has 1 aliphatic rings. The molecular formula is C17H29N3O. The highest BCUT2D eigenvalue weighted by Gasteiger charge is 2.27. The summed E-state index contributed by atoms with van der Waals surface area (Å²) in [5.41, 5.74) is 3.67. The highest BCUT2D eigenvalue weighted by molar-refractivity contribution is 5.55. The summed E-state index contributed by atoms with van der Waals surface area (Å²) >= 11 is 0. The highest BCUT2D eigenvalue weighted by atomic mass is 16.5. The molecule has 2 atom stereocenters. The van der Waals surface area contributed by atoms with Crippen molar-refractivity contribution in [1.29, 1.82) is 0 Å². The van der Waals surface area contributed by atoms with E-state index >= 15 is 0 Å². The summed E-state index contributed by atoms with van der Waals surface area (Å²) in [5.74, 6) is 0. The van der Waals surface area contributed by atoms with Gasteiger partial charge < -0.3 is 15.0 Å². The molecule has 2 heterocycles. The van der Waals surface area contributed by atoms with E-state index in [2.05, 4.69) is 55.9 Å². The van der Waals surface area contributed by atoms with Gasteiger partial charge in [0.1, 0.15) is 0 Å². The lowest BCUT2D eigenvalue weighted by Crippen LogP contribution is -2.49. The Morgan fingerprint density at radius 1 is 1.48 bits per heavy atom. The van der Waals surface area contributed by atoms with Gasteiger partial charge in [-0.2, -0.15) is 0 Å². The van der Waals surface area contributed by atoms with Gasteiger partial charge >= 0.3 is 0 Å². The summed E-state index contributed by atoms with van der Waals surface area (Å²) in [6, 6.07) is 3.16. The number of anilines is 1. The van der Waals surface area contributed by atoms with E-state index in [1.807, 2.05) is 6.20 Å². The third kappa shape index (κ3) is 4.17. The van der Waals surface area contributed by atoms with Crippen LogP contribution in [0.4, 0.5) is 5.69 Å². The predicted octanol–water partition coefficient (Wildman–Crippen LogP) is 2.89. The number of nitrogens with zero attached hydrogens (tertiary/aromatic N) is 2. The lowest BCUT2D eigenvalue weighted by Gasteiger charge is -2.41. The second kappa shape index (κ2) is 7.23. The molecule has 1 saturated heterocycles. The van der Waals surface area contributed by atoms with Gasteiger partial charge in [-0.1, -0.05) is 20.8 Å². The van der Waals surface area contributed by atoms with Crippen LogP contribution in [0, 0.1) is 6.92 Å². The standard InChI is InChI=1S/C17H29N3O/c1-6-16-11-21-14(5)10-20(16)17-7-13(4)19-9-15(17)8-18-12(2)3/h7,9,12,14,16,18H,6,8,10-11H2,1-5H3. The van der Waals surface area contributed by atoms with Crippen LogP contribution in [0.25, 0.3) is 0 Å². The zero-order chi connectivity index (χ0) is 15.4. The molecule has 1 N–H and O–H groups in total. The number of hydrogen-bond donors (Lipinski definition) is 1. The topological polar surface area (TPSA) is 37.4 Å². The van der Waals surface area contributed by atoms with Gasteiger partial charge in [0.05, 0.1) is 18.8 Å². The lowest BCUT2D eigenvalue weighted by molar-refractivity contribution is 0.0299. The van der Waals surface area contributed by atoms with E-state index < -0.39 is 0 Å². The van der Waals surface area contributed by atoms with Crippen LogP contribution >= 0.6 is 0 Å². The molecule has 118 valence electrons. The second-order valence-electron chi connectivity index (χ2n) is 6.35. The Balaban J connectivity index is 2.28. The number of hydrogen-bond acceptors (Lipinski definition) is 4. The van der Waals surface area contributed by atoms with E-state index in [0.717, 1.165) is 31.8 Å². The molecule has 0 saturated carbocycles. The lowest BCUT2D eigenvalue weighted by atomic mass is 10.1. The van der Waals surface area contributed by atoms with Gasteiger partial charge in [-0.15, -0.1) is 0 Å². The molecule has 21 heavy (non-hydrogen) atoms. The van der Waals surface area contributed by atoms with E-state index in [4.69, 9.17) is 4.74 Å². The summed E-state index contributed by atoms with van der Waals surface area (Å²) in [6.45, 7) is 13.4. The van der Waals surface area contributed by atoms with Gasteiger partial charge in [0.15, 0.2) is 0 Å². The van der Waals surface area contributed by atoms with Gasteiger partial charge in [-0.05, 0) is 26.3 Å². The molecule has 4 heteroatoms. The molecule has 1 aromatic heterocycles. The average molecular weight is 291 g/mol. The third-order valence-electron chi connectivity index (χ3n) is 4.05. The van der Waals surface area contributed by atoms with Crippen molar-refractivity contribution >= 4 is 5.69 Å². The summed E-state index contributed by atoms with van der Waals surface area (Å²) in [7, 11) is 0. The Morgan fingerprint density at radius 2 is 2.24 bits per heavy atom. The maximum absolute atomic E-state index is 5.83. The Labute approximate surface area is 128 Å². The highest BCUT2D eigenvalue weighted by Crippen LogP contribution is 2.27. The average Bonchev–Trinajstić information content (AvgIpc) is 2.45. The molecule has 1 aromatic rings. The summed E-state index contributed by atoms with van der Waals surface area (Å²) in [5, 5.41) is 3.51. The van der Waals surface area contributed by atoms with Crippen LogP contribution in [-0.2, 0) is 11.3 Å². The molecule has 0 radical (unpaired) electrons. The maximum Gasteiger partial charge on any atom is 0.0723 e. The van der Waals surface area contributed by atoms with E-state index in [9.17, 15) is 0 Å². The van der Waals surface area contributed by atoms with Crippen LogP contribution in [-0.4, -0.2) is 36.3 Å². The van der Waals surface area contributed by atoms with Crippen molar-refractivity contribution < 1.29 is 4.74 Å². The fourth-order valence-electron chi connectivity index (χ4n) is 2.77. The largest absolute Gasteiger partial charge is 0.375 e. The summed E-state index contributed by atoms with van der Waals surface area (Å²) < 4.78 is 5.83. The first-order chi connectivity index (χ1) is 10.0. The first-order valence-corrected chi connectivity index (χ1v) is 8.08. The van der Waals surface area contributed by atoms with Crippen LogP contribution in [0.15, 0.2) is 12.3 Å². The molecule has 0 spiro atoms. The first kappa shape index (κ1) is 16.2. The Bertz CT molecular complexity index is 461. The van der Waals surface area contributed by atoms with Crippen LogP contribution in [0.3, 0.4) is 0 Å². The van der Waals surface area contributed by atoms with Crippen LogP contribution in [0.2, 0.25) is 0 Å². The van der Waals surface area contributed by atoms with Gasteiger partial charge in [0, 0.05) is 42.3 Å². The van der Waals surface area contributed by atoms with Crippen molar-refractivity contribution in [2.45, 2.75) is 65.8 Å². The molecule has 1 fully saturated rings. The molecule has 2 rings (SSSR count). The van der Waals surface area contributed by atoms with Gasteiger partial charge in [0.2, 0.25) is 0 Å². The molecule has 0 bridgehead atoms. The fourth-order valence-corrected chi connectivity index (χ4v) is 2.77. The molecular weight excluding hydrogens is 262 g/mol. The summed E-state index contributed by atoms with van der Waals surface area (Å²) in [6.07, 6.45) is 3.41. The summed E-state index contributed by atoms with van der Waals surface area (Å²) in [4.78, 5) is 7.00. The van der Waals surface area contributed by atoms with Crippen molar-refractivity contribution in [3.63, 3.8) is 0 Å². The van der Waals surface area contributed by atoms with E-state index in [1.165, 1.54) is 11.3 Å². The zero-order valence-electron chi connectivity index (χ0n) is 14.0. The van der Waals surface area contributed by atoms with Crippen molar-refractivity contribution in [1.82, 2.24) is 10.3 Å². The van der Waals surface area contributed by atoms with Crippen LogP contribution in [0.5, 0.6) is 0 Å². The minimum atomic E-state index is 0.284. The third-order valence-corrected chi connectivity index (χ3v) is 4.05.